The van der Waals surface area contributed by atoms with Crippen molar-refractivity contribution in [3.63, 3.8) is 0 Å². The average Bonchev–Trinajstić information content (AvgIpc) is 2.39. The smallest absolute Gasteiger partial charge is 0.131 e. The third-order valence-corrected chi connectivity index (χ3v) is 4.64. The van der Waals surface area contributed by atoms with Gasteiger partial charge in [0.1, 0.15) is 5.15 Å². The molecular formula is C14H12Cl2N2S. The zero-order valence-electron chi connectivity index (χ0n) is 10.1. The van der Waals surface area contributed by atoms with E-state index in [0.717, 1.165) is 22.9 Å². The van der Waals surface area contributed by atoms with Gasteiger partial charge in [-0.3, -0.25) is 0 Å². The van der Waals surface area contributed by atoms with Gasteiger partial charge in [-0.05, 0) is 42.3 Å². The molecule has 19 heavy (non-hydrogen) atoms. The molecule has 2 heterocycles. The van der Waals surface area contributed by atoms with Crippen LogP contribution in [0.25, 0.3) is 0 Å². The summed E-state index contributed by atoms with van der Waals surface area (Å²) in [5.41, 5.74) is 2.25. The molecule has 1 aromatic carbocycles. The van der Waals surface area contributed by atoms with Crippen LogP contribution >= 0.6 is 35.0 Å². The highest BCUT2D eigenvalue weighted by Crippen LogP contribution is 2.39. The first-order valence-corrected chi connectivity index (χ1v) is 7.77. The molecule has 2 aromatic rings. The second-order valence-electron chi connectivity index (χ2n) is 4.38. The third-order valence-electron chi connectivity index (χ3n) is 3.08. The Morgan fingerprint density at radius 2 is 2.11 bits per heavy atom. The van der Waals surface area contributed by atoms with Crippen LogP contribution in [0.15, 0.2) is 41.4 Å². The lowest BCUT2D eigenvalue weighted by atomic mass is 10.0. The molecule has 0 fully saturated rings. The van der Waals surface area contributed by atoms with Crippen molar-refractivity contribution >= 4 is 40.7 Å². The number of rotatable bonds is 2. The van der Waals surface area contributed by atoms with Crippen molar-refractivity contribution in [2.45, 2.75) is 17.4 Å². The number of nitrogens with zero attached hydrogens (tertiary/aromatic N) is 1. The fourth-order valence-corrected chi connectivity index (χ4v) is 3.67. The Morgan fingerprint density at radius 1 is 1.21 bits per heavy atom. The van der Waals surface area contributed by atoms with Crippen LogP contribution in [-0.4, -0.2) is 10.7 Å². The van der Waals surface area contributed by atoms with E-state index >= 15 is 0 Å². The summed E-state index contributed by atoms with van der Waals surface area (Å²) in [4.78, 5) is 5.29. The highest BCUT2D eigenvalue weighted by atomic mass is 35.5. The molecule has 1 aliphatic rings. The first-order valence-electron chi connectivity index (χ1n) is 6.03. The van der Waals surface area contributed by atoms with Gasteiger partial charge in [0.15, 0.2) is 0 Å². The van der Waals surface area contributed by atoms with E-state index in [1.54, 1.807) is 6.20 Å². The summed E-state index contributed by atoms with van der Waals surface area (Å²) >= 11 is 13.9. The van der Waals surface area contributed by atoms with Crippen LogP contribution in [0.4, 0.5) is 5.69 Å². The van der Waals surface area contributed by atoms with Crippen LogP contribution in [0.3, 0.4) is 0 Å². The number of hydrogen-bond donors (Lipinski definition) is 1. The molecule has 98 valence electrons. The quantitative estimate of drug-likeness (QED) is 0.787. The van der Waals surface area contributed by atoms with Crippen molar-refractivity contribution in [2.24, 2.45) is 0 Å². The third kappa shape index (κ3) is 2.99. The predicted molar refractivity (Wildman–Crippen MR) is 82.4 cm³/mol. The summed E-state index contributed by atoms with van der Waals surface area (Å²) < 4.78 is 0. The summed E-state index contributed by atoms with van der Waals surface area (Å²) in [5, 5.41) is 4.79. The number of anilines is 1. The Labute approximate surface area is 126 Å². The first kappa shape index (κ1) is 13.1. The van der Waals surface area contributed by atoms with Crippen molar-refractivity contribution in [3.8, 4) is 0 Å². The number of fused-ring (bicyclic) bond motifs is 1. The Bertz CT molecular complexity index is 604. The molecule has 1 aromatic heterocycles. The molecule has 1 N–H and O–H groups in total. The molecule has 0 spiro atoms. The van der Waals surface area contributed by atoms with Crippen LogP contribution in [0.2, 0.25) is 10.2 Å². The number of pyridine rings is 1. The Hall–Kier alpha value is -0.900. The largest absolute Gasteiger partial charge is 0.378 e. The summed E-state index contributed by atoms with van der Waals surface area (Å²) in [6.07, 6.45) is 2.78. The Morgan fingerprint density at radius 3 is 2.95 bits per heavy atom. The maximum Gasteiger partial charge on any atom is 0.131 e. The number of hydrogen-bond acceptors (Lipinski definition) is 3. The molecule has 3 rings (SSSR count). The van der Waals surface area contributed by atoms with E-state index in [9.17, 15) is 0 Å². The highest BCUT2D eigenvalue weighted by molar-refractivity contribution is 7.99. The normalized spacial score (nSPS) is 17.9. The van der Waals surface area contributed by atoms with Gasteiger partial charge in [-0.1, -0.05) is 23.2 Å². The predicted octanol–water partition coefficient (Wildman–Crippen LogP) is 5.04. The van der Waals surface area contributed by atoms with Gasteiger partial charge < -0.3 is 5.32 Å². The Kier molecular flexibility index (Phi) is 3.87. The number of benzene rings is 1. The van der Waals surface area contributed by atoms with E-state index in [4.69, 9.17) is 23.2 Å². The van der Waals surface area contributed by atoms with E-state index < -0.39 is 0 Å². The van der Waals surface area contributed by atoms with Gasteiger partial charge in [-0.25, -0.2) is 4.98 Å². The van der Waals surface area contributed by atoms with Gasteiger partial charge in [-0.15, -0.1) is 11.8 Å². The van der Waals surface area contributed by atoms with E-state index in [2.05, 4.69) is 16.4 Å². The molecule has 2 nitrogen and oxygen atoms in total. The lowest BCUT2D eigenvalue weighted by Crippen LogP contribution is -2.16. The maximum atomic E-state index is 6.10. The number of thioether (sulfide) groups is 1. The molecule has 0 saturated carbocycles. The molecule has 0 saturated heterocycles. The topological polar surface area (TPSA) is 24.9 Å². The van der Waals surface area contributed by atoms with Gasteiger partial charge in [-0.2, -0.15) is 0 Å². The van der Waals surface area contributed by atoms with Gasteiger partial charge in [0.05, 0.1) is 6.04 Å². The zero-order valence-corrected chi connectivity index (χ0v) is 12.4. The molecule has 1 unspecified atom stereocenters. The minimum atomic E-state index is 0.272. The SMILES string of the molecule is Clc1ccc2c(c1)C(Nc1ccnc(Cl)c1)CCS2. The lowest BCUT2D eigenvalue weighted by Gasteiger charge is -2.27. The van der Waals surface area contributed by atoms with E-state index in [1.165, 1.54) is 10.5 Å². The summed E-state index contributed by atoms with van der Waals surface area (Å²) in [6, 6.07) is 10.1. The van der Waals surface area contributed by atoms with Gasteiger partial charge in [0, 0.05) is 27.6 Å². The molecule has 5 heteroatoms. The minimum absolute atomic E-state index is 0.272. The molecular weight excluding hydrogens is 299 g/mol. The molecule has 0 amide bonds. The van der Waals surface area contributed by atoms with Crippen molar-refractivity contribution in [3.05, 3.63) is 52.3 Å². The summed E-state index contributed by atoms with van der Waals surface area (Å²) in [6.45, 7) is 0. The number of halogens is 2. The van der Waals surface area contributed by atoms with Crippen LogP contribution in [-0.2, 0) is 0 Å². The summed E-state index contributed by atoms with van der Waals surface area (Å²) in [5.74, 6) is 1.10. The average molecular weight is 311 g/mol. The van der Waals surface area contributed by atoms with Gasteiger partial charge in [0.2, 0.25) is 0 Å². The van der Waals surface area contributed by atoms with Gasteiger partial charge in [0.25, 0.3) is 0 Å². The second kappa shape index (κ2) is 5.61. The van der Waals surface area contributed by atoms with Crippen LogP contribution < -0.4 is 5.32 Å². The highest BCUT2D eigenvalue weighted by Gasteiger charge is 2.20. The fraction of sp³-hybridized carbons (Fsp3) is 0.214. The standard InChI is InChI=1S/C14H12Cl2N2S/c15-9-1-2-13-11(7-9)12(4-6-19-13)18-10-3-5-17-14(16)8-10/h1-3,5,7-8,12H,4,6H2,(H,17,18). The molecule has 1 aliphatic heterocycles. The molecule has 1 atom stereocenters. The first-order chi connectivity index (χ1) is 9.22. The number of aromatic nitrogens is 1. The van der Waals surface area contributed by atoms with Crippen molar-refractivity contribution in [2.75, 3.05) is 11.1 Å². The van der Waals surface area contributed by atoms with E-state index in [0.29, 0.717) is 5.15 Å². The fourth-order valence-electron chi connectivity index (χ4n) is 2.21. The maximum absolute atomic E-state index is 6.10. The molecule has 0 radical (unpaired) electrons. The van der Waals surface area contributed by atoms with Gasteiger partial charge >= 0.3 is 0 Å². The van der Waals surface area contributed by atoms with E-state index in [1.807, 2.05) is 36.0 Å². The monoisotopic (exact) mass is 310 g/mol. The minimum Gasteiger partial charge on any atom is -0.378 e. The number of nitrogens with one attached hydrogen (secondary N) is 1. The molecule has 0 aliphatic carbocycles. The van der Waals surface area contributed by atoms with Crippen LogP contribution in [0.1, 0.15) is 18.0 Å². The van der Waals surface area contributed by atoms with E-state index in [-0.39, 0.29) is 6.04 Å². The van der Waals surface area contributed by atoms with Crippen LogP contribution in [0.5, 0.6) is 0 Å². The van der Waals surface area contributed by atoms with Crippen molar-refractivity contribution in [1.82, 2.24) is 4.98 Å². The second-order valence-corrected chi connectivity index (χ2v) is 6.34. The zero-order chi connectivity index (χ0) is 13.2. The van der Waals surface area contributed by atoms with Crippen molar-refractivity contribution in [1.29, 1.82) is 0 Å². The van der Waals surface area contributed by atoms with Crippen molar-refractivity contribution < 1.29 is 0 Å². The Balaban J connectivity index is 1.89. The molecule has 0 bridgehead atoms. The summed E-state index contributed by atoms with van der Waals surface area (Å²) in [7, 11) is 0. The van der Waals surface area contributed by atoms with Crippen LogP contribution in [0, 0.1) is 0 Å². The lowest BCUT2D eigenvalue weighted by molar-refractivity contribution is 0.728.